The van der Waals surface area contributed by atoms with Crippen molar-refractivity contribution in [1.82, 2.24) is 4.98 Å². The molecule has 0 fully saturated rings. The Bertz CT molecular complexity index is 1450. The summed E-state index contributed by atoms with van der Waals surface area (Å²) in [7, 11) is 3.33. The van der Waals surface area contributed by atoms with Crippen molar-refractivity contribution in [3.63, 3.8) is 0 Å². The fourth-order valence-corrected chi connectivity index (χ4v) is 4.68. The highest BCUT2D eigenvalue weighted by Gasteiger charge is 2.21. The first-order valence-corrected chi connectivity index (χ1v) is 12.5. The molecule has 0 unspecified atom stereocenters. The Hall–Kier alpha value is -3.42. The zero-order chi connectivity index (χ0) is 24.4. The minimum Gasteiger partial charge on any atom is -0.497 e. The van der Waals surface area contributed by atoms with Crippen LogP contribution in [0, 0.1) is 0 Å². The number of hydrogen-bond acceptors (Lipinski definition) is 4. The van der Waals surface area contributed by atoms with Gasteiger partial charge in [-0.3, -0.25) is 0 Å². The van der Waals surface area contributed by atoms with Crippen molar-refractivity contribution >= 4 is 53.3 Å². The summed E-state index contributed by atoms with van der Waals surface area (Å²) in [4.78, 5) is 13.2. The van der Waals surface area contributed by atoms with Gasteiger partial charge in [0.15, 0.2) is 0 Å². The van der Waals surface area contributed by atoms with Crippen LogP contribution in [0.4, 0.5) is 0 Å². The molecular weight excluding hydrogens is 570 g/mol. The maximum absolute atomic E-state index is 5.35. The van der Waals surface area contributed by atoms with Gasteiger partial charge in [0.1, 0.15) is 16.1 Å². The van der Waals surface area contributed by atoms with E-state index in [1.165, 1.54) is 0 Å². The molecule has 0 aliphatic carbocycles. The van der Waals surface area contributed by atoms with Crippen molar-refractivity contribution in [2.75, 3.05) is 14.2 Å². The predicted molar refractivity (Wildman–Crippen MR) is 149 cm³/mol. The Morgan fingerprint density at radius 2 is 1.23 bits per heavy atom. The van der Waals surface area contributed by atoms with Gasteiger partial charge in [-0.05, 0) is 104 Å². The molecule has 0 spiro atoms. The number of hydrogen-bond donors (Lipinski definition) is 1. The topological polar surface area (TPSA) is 59.0 Å². The van der Waals surface area contributed by atoms with Gasteiger partial charge >= 0.3 is 0 Å². The summed E-state index contributed by atoms with van der Waals surface area (Å²) in [6, 6.07) is 20.0. The van der Waals surface area contributed by atoms with E-state index in [2.05, 4.69) is 41.8 Å². The Morgan fingerprint density at radius 3 is 1.74 bits per heavy atom. The number of ether oxygens (including phenoxy) is 2. The van der Waals surface area contributed by atoms with E-state index in [0.29, 0.717) is 0 Å². The average molecular weight is 591 g/mol. The number of aliphatic imine (C=N–C) groups is 2. The zero-order valence-corrected chi connectivity index (χ0v) is 22.2. The fourth-order valence-electron chi connectivity index (χ4n) is 4.02. The second-order valence-corrected chi connectivity index (χ2v) is 9.46. The summed E-state index contributed by atoms with van der Waals surface area (Å²) < 4.78 is 12.4. The van der Waals surface area contributed by atoms with Crippen LogP contribution >= 0.6 is 31.9 Å². The van der Waals surface area contributed by atoms with Crippen molar-refractivity contribution < 1.29 is 9.47 Å². The lowest BCUT2D eigenvalue weighted by Gasteiger charge is -2.11. The molecule has 2 aliphatic rings. The highest BCUT2D eigenvalue weighted by Crippen LogP contribution is 2.35. The standard InChI is InChI=1S/C28H21Br2N3O2/c1-34-19-7-3-17(4-8-19)27(23-13-15-25(29)32-23)21-11-12-22(31-21)28(24-14-16-26(30)33-24)18-5-9-20(35-2)10-6-18/h3-16,32H,1-2H3/b27-21+,28-24-. The van der Waals surface area contributed by atoms with Crippen molar-refractivity contribution in [3.8, 4) is 11.5 Å². The van der Waals surface area contributed by atoms with E-state index in [-0.39, 0.29) is 0 Å². The molecule has 174 valence electrons. The molecule has 0 amide bonds. The van der Waals surface area contributed by atoms with Gasteiger partial charge in [-0.1, -0.05) is 24.3 Å². The number of rotatable bonds is 6. The van der Waals surface area contributed by atoms with E-state index >= 15 is 0 Å². The molecule has 2 aromatic carbocycles. The second-order valence-electron chi connectivity index (χ2n) is 7.80. The number of methoxy groups -OCH3 is 2. The average Bonchev–Trinajstić information content (AvgIpc) is 3.63. The quantitative estimate of drug-likeness (QED) is 0.326. The third-order valence-electron chi connectivity index (χ3n) is 5.69. The Morgan fingerprint density at radius 1 is 0.657 bits per heavy atom. The first kappa shape index (κ1) is 23.3. The number of allylic oxidation sites excluding steroid dienone is 5. The molecule has 3 aromatic rings. The number of nitrogens with zero attached hydrogens (tertiary/aromatic N) is 2. The Kier molecular flexibility index (Phi) is 6.70. The van der Waals surface area contributed by atoms with Gasteiger partial charge < -0.3 is 14.5 Å². The van der Waals surface area contributed by atoms with E-state index in [1.807, 2.05) is 85.0 Å². The normalized spacial score (nSPS) is 17.4. The van der Waals surface area contributed by atoms with Gasteiger partial charge in [0.2, 0.25) is 0 Å². The molecule has 0 saturated heterocycles. The molecule has 35 heavy (non-hydrogen) atoms. The monoisotopic (exact) mass is 589 g/mol. The van der Waals surface area contributed by atoms with Crippen molar-refractivity contribution in [1.29, 1.82) is 0 Å². The lowest BCUT2D eigenvalue weighted by atomic mass is 9.98. The SMILES string of the molecule is COc1ccc(/C(C2=N/C(=C(\c3ccc(OC)cc3)c3ccc(Br)[nH]3)C=C2)=C2\C=CC(Br)=N2)cc1. The van der Waals surface area contributed by atoms with E-state index < -0.39 is 0 Å². The second kappa shape index (κ2) is 10.1. The number of benzene rings is 2. The summed E-state index contributed by atoms with van der Waals surface area (Å²) >= 11 is 7.02. The van der Waals surface area contributed by atoms with E-state index in [1.54, 1.807) is 14.2 Å². The number of nitrogens with one attached hydrogen (secondary N) is 1. The van der Waals surface area contributed by atoms with Gasteiger partial charge in [-0.15, -0.1) is 0 Å². The third-order valence-corrected chi connectivity index (χ3v) is 6.60. The van der Waals surface area contributed by atoms with Crippen LogP contribution in [0.5, 0.6) is 11.5 Å². The molecule has 1 aromatic heterocycles. The molecule has 1 N–H and O–H groups in total. The Labute approximate surface area is 220 Å². The van der Waals surface area contributed by atoms with Gasteiger partial charge in [-0.25, -0.2) is 9.98 Å². The number of halogens is 2. The Balaban J connectivity index is 1.67. The number of H-pyrrole nitrogens is 1. The van der Waals surface area contributed by atoms with Crippen molar-refractivity contribution in [2.45, 2.75) is 0 Å². The van der Waals surface area contributed by atoms with Gasteiger partial charge in [-0.2, -0.15) is 0 Å². The van der Waals surface area contributed by atoms with Crippen LogP contribution in [-0.2, 0) is 0 Å². The van der Waals surface area contributed by atoms with E-state index in [0.717, 1.165) is 65.8 Å². The van der Waals surface area contributed by atoms with E-state index in [9.17, 15) is 0 Å². The fraction of sp³-hybridized carbons (Fsp3) is 0.0714. The maximum Gasteiger partial charge on any atom is 0.118 e. The number of aromatic amines is 1. The largest absolute Gasteiger partial charge is 0.497 e. The molecular formula is C28H21Br2N3O2. The predicted octanol–water partition coefficient (Wildman–Crippen LogP) is 7.34. The number of aromatic nitrogens is 1. The molecule has 3 heterocycles. The molecule has 0 saturated carbocycles. The molecule has 5 rings (SSSR count). The molecule has 2 aliphatic heterocycles. The summed E-state index contributed by atoms with van der Waals surface area (Å²) in [5, 5.41) is 0. The molecule has 0 bridgehead atoms. The minimum atomic E-state index is 0.784. The summed E-state index contributed by atoms with van der Waals surface area (Å²) in [6.07, 6.45) is 8.02. The van der Waals surface area contributed by atoms with E-state index in [4.69, 9.17) is 14.5 Å². The highest BCUT2D eigenvalue weighted by atomic mass is 79.9. The van der Waals surface area contributed by atoms with Crippen LogP contribution in [0.2, 0.25) is 0 Å². The first-order valence-electron chi connectivity index (χ1n) is 10.9. The molecule has 5 nitrogen and oxygen atoms in total. The molecule has 0 atom stereocenters. The smallest absolute Gasteiger partial charge is 0.118 e. The van der Waals surface area contributed by atoms with Crippen LogP contribution < -0.4 is 9.47 Å². The van der Waals surface area contributed by atoms with Crippen LogP contribution in [0.1, 0.15) is 16.8 Å². The van der Waals surface area contributed by atoms with Crippen LogP contribution in [-0.4, -0.2) is 29.5 Å². The first-order chi connectivity index (χ1) is 17.1. The summed E-state index contributed by atoms with van der Waals surface area (Å²) in [6.45, 7) is 0. The van der Waals surface area contributed by atoms with Gasteiger partial charge in [0.05, 0.1) is 35.9 Å². The molecule has 7 heteroatoms. The molecule has 0 radical (unpaired) electrons. The van der Waals surface area contributed by atoms with Crippen molar-refractivity contribution in [3.05, 3.63) is 118 Å². The van der Waals surface area contributed by atoms with Gasteiger partial charge in [0.25, 0.3) is 0 Å². The van der Waals surface area contributed by atoms with Crippen LogP contribution in [0.25, 0.3) is 11.1 Å². The van der Waals surface area contributed by atoms with Crippen LogP contribution in [0.15, 0.2) is 111 Å². The van der Waals surface area contributed by atoms with Crippen LogP contribution in [0.3, 0.4) is 0 Å². The third kappa shape index (κ3) is 4.88. The highest BCUT2D eigenvalue weighted by molar-refractivity contribution is 9.18. The minimum absolute atomic E-state index is 0.784. The maximum atomic E-state index is 5.35. The summed E-state index contributed by atoms with van der Waals surface area (Å²) in [5.74, 6) is 1.60. The zero-order valence-electron chi connectivity index (χ0n) is 19.0. The van der Waals surface area contributed by atoms with Crippen molar-refractivity contribution in [2.24, 2.45) is 9.98 Å². The summed E-state index contributed by atoms with van der Waals surface area (Å²) in [5.41, 5.74) is 7.50. The van der Waals surface area contributed by atoms with Gasteiger partial charge in [0, 0.05) is 16.8 Å². The lowest BCUT2D eigenvalue weighted by molar-refractivity contribution is 0.414. The lowest BCUT2D eigenvalue weighted by Crippen LogP contribution is -2.00.